The van der Waals surface area contributed by atoms with Crippen molar-refractivity contribution < 1.29 is 4.79 Å². The number of nitrogens with zero attached hydrogens (tertiary/aromatic N) is 2. The Hall–Kier alpha value is -1.72. The summed E-state index contributed by atoms with van der Waals surface area (Å²) in [5.74, 6) is -0.183. The van der Waals surface area contributed by atoms with Gasteiger partial charge < -0.3 is 11.1 Å². The molecule has 3 N–H and O–H groups in total. The molecule has 1 aromatic heterocycles. The molecule has 6 heteroatoms. The zero-order valence-corrected chi connectivity index (χ0v) is 12.4. The van der Waals surface area contributed by atoms with Gasteiger partial charge in [0.05, 0.1) is 16.6 Å². The molecule has 1 aromatic carbocycles. The summed E-state index contributed by atoms with van der Waals surface area (Å²) in [5.41, 5.74) is 7.36. The number of halogens is 1. The number of fused-ring (bicyclic) bond motifs is 1. The van der Waals surface area contributed by atoms with Crippen LogP contribution in [0.3, 0.4) is 0 Å². The molecule has 0 saturated carbocycles. The zero-order valence-electron chi connectivity index (χ0n) is 11.6. The Morgan fingerprint density at radius 2 is 1.95 bits per heavy atom. The number of hydrogen-bond donors (Lipinski definition) is 2. The molecule has 1 atom stereocenters. The number of anilines is 1. The minimum Gasteiger partial charge on any atom is -0.324 e. The topological polar surface area (TPSA) is 80.9 Å². The number of nitrogens with one attached hydrogen (secondary N) is 1. The van der Waals surface area contributed by atoms with Gasteiger partial charge in [0.25, 0.3) is 0 Å². The first-order chi connectivity index (χ1) is 9.03. The molecule has 1 unspecified atom stereocenters. The summed E-state index contributed by atoms with van der Waals surface area (Å²) in [7, 11) is 0. The Bertz CT molecular complexity index is 600. The Kier molecular flexibility index (Phi) is 5.42. The molecule has 0 bridgehead atoms. The Balaban J connectivity index is 0.00000200. The Morgan fingerprint density at radius 1 is 1.30 bits per heavy atom. The van der Waals surface area contributed by atoms with Crippen molar-refractivity contribution in [1.29, 1.82) is 0 Å². The smallest absolute Gasteiger partial charge is 0.244 e. The van der Waals surface area contributed by atoms with Gasteiger partial charge >= 0.3 is 0 Å². The summed E-state index contributed by atoms with van der Waals surface area (Å²) in [6.07, 6.45) is 4.77. The van der Waals surface area contributed by atoms with Gasteiger partial charge in [0.1, 0.15) is 0 Å². The van der Waals surface area contributed by atoms with Crippen molar-refractivity contribution in [3.63, 3.8) is 0 Å². The maximum Gasteiger partial charge on any atom is 0.244 e. The highest BCUT2D eigenvalue weighted by molar-refractivity contribution is 5.98. The first-order valence-electron chi connectivity index (χ1n) is 6.34. The second-order valence-electron chi connectivity index (χ2n) is 4.88. The zero-order chi connectivity index (χ0) is 13.9. The fourth-order valence-electron chi connectivity index (χ4n) is 1.95. The molecule has 1 amide bonds. The molecule has 1 heterocycles. The molecule has 0 fully saturated rings. The Morgan fingerprint density at radius 3 is 2.60 bits per heavy atom. The maximum atomic E-state index is 12.1. The molecule has 0 spiro atoms. The third kappa shape index (κ3) is 3.65. The summed E-state index contributed by atoms with van der Waals surface area (Å²) in [4.78, 5) is 20.5. The van der Waals surface area contributed by atoms with E-state index in [1.807, 2.05) is 13.0 Å². The van der Waals surface area contributed by atoms with Gasteiger partial charge in [0.15, 0.2) is 0 Å². The molecular formula is C14H19ClN4O. The number of carbonyl (C=O) groups excluding carboxylic acids is 1. The second kappa shape index (κ2) is 6.63. The molecule has 0 aliphatic rings. The van der Waals surface area contributed by atoms with Crippen LogP contribution in [-0.2, 0) is 4.79 Å². The SMILES string of the molecule is CCCC(C)(N)C(=O)Nc1ccc2nccnc2c1.Cl. The quantitative estimate of drug-likeness (QED) is 0.908. The minimum absolute atomic E-state index is 0. The van der Waals surface area contributed by atoms with Crippen molar-refractivity contribution in [2.24, 2.45) is 5.73 Å². The molecule has 0 saturated heterocycles. The van der Waals surface area contributed by atoms with E-state index in [1.54, 1.807) is 31.5 Å². The van der Waals surface area contributed by atoms with E-state index in [9.17, 15) is 4.79 Å². The summed E-state index contributed by atoms with van der Waals surface area (Å²) in [6, 6.07) is 5.42. The molecule has 20 heavy (non-hydrogen) atoms. The minimum atomic E-state index is -0.855. The molecule has 2 rings (SSSR count). The van der Waals surface area contributed by atoms with E-state index in [2.05, 4.69) is 15.3 Å². The fourth-order valence-corrected chi connectivity index (χ4v) is 1.95. The molecule has 5 nitrogen and oxygen atoms in total. The predicted octanol–water partition coefficient (Wildman–Crippen LogP) is 2.51. The van der Waals surface area contributed by atoms with Crippen LogP contribution in [0.25, 0.3) is 11.0 Å². The van der Waals surface area contributed by atoms with E-state index in [1.165, 1.54) is 0 Å². The van der Waals surface area contributed by atoms with Gasteiger partial charge in [-0.15, -0.1) is 12.4 Å². The van der Waals surface area contributed by atoms with E-state index >= 15 is 0 Å². The number of carbonyl (C=O) groups is 1. The van der Waals surface area contributed by atoms with Crippen molar-refractivity contribution in [2.45, 2.75) is 32.2 Å². The van der Waals surface area contributed by atoms with Gasteiger partial charge in [0.2, 0.25) is 5.91 Å². The molecule has 0 radical (unpaired) electrons. The third-order valence-electron chi connectivity index (χ3n) is 3.02. The summed E-state index contributed by atoms with van der Waals surface area (Å²) >= 11 is 0. The summed E-state index contributed by atoms with van der Waals surface area (Å²) in [5, 5.41) is 2.83. The first-order valence-corrected chi connectivity index (χ1v) is 6.34. The average Bonchev–Trinajstić information content (AvgIpc) is 2.38. The lowest BCUT2D eigenvalue weighted by Crippen LogP contribution is -2.48. The number of aromatic nitrogens is 2. The molecule has 0 aliphatic carbocycles. The lowest BCUT2D eigenvalue weighted by Gasteiger charge is -2.22. The van der Waals surface area contributed by atoms with Gasteiger partial charge in [-0.25, -0.2) is 0 Å². The largest absolute Gasteiger partial charge is 0.324 e. The van der Waals surface area contributed by atoms with Crippen LogP contribution in [0.1, 0.15) is 26.7 Å². The lowest BCUT2D eigenvalue weighted by atomic mass is 9.96. The number of nitrogens with two attached hydrogens (primary N) is 1. The van der Waals surface area contributed by atoms with Crippen molar-refractivity contribution in [2.75, 3.05) is 5.32 Å². The van der Waals surface area contributed by atoms with Crippen LogP contribution in [0.4, 0.5) is 5.69 Å². The van der Waals surface area contributed by atoms with Crippen LogP contribution in [0.2, 0.25) is 0 Å². The first kappa shape index (κ1) is 16.3. The predicted molar refractivity (Wildman–Crippen MR) is 82.9 cm³/mol. The highest BCUT2D eigenvalue weighted by atomic mass is 35.5. The van der Waals surface area contributed by atoms with E-state index in [0.717, 1.165) is 17.5 Å². The number of amides is 1. The molecular weight excluding hydrogens is 276 g/mol. The normalized spacial score (nSPS) is 13.3. The van der Waals surface area contributed by atoms with Gasteiger partial charge in [-0.2, -0.15) is 0 Å². The van der Waals surface area contributed by atoms with Crippen LogP contribution in [0.5, 0.6) is 0 Å². The Labute approximate surface area is 124 Å². The van der Waals surface area contributed by atoms with Crippen molar-refractivity contribution >= 4 is 35.0 Å². The molecule has 108 valence electrons. The number of benzene rings is 1. The van der Waals surface area contributed by atoms with Gasteiger partial charge in [0, 0.05) is 18.1 Å². The highest BCUT2D eigenvalue weighted by Crippen LogP contribution is 2.17. The van der Waals surface area contributed by atoms with Crippen molar-refractivity contribution in [3.05, 3.63) is 30.6 Å². The number of hydrogen-bond acceptors (Lipinski definition) is 4. The van der Waals surface area contributed by atoms with E-state index in [-0.39, 0.29) is 18.3 Å². The summed E-state index contributed by atoms with van der Waals surface area (Å²) in [6.45, 7) is 3.75. The fraction of sp³-hybridized carbons (Fsp3) is 0.357. The van der Waals surface area contributed by atoms with E-state index in [0.29, 0.717) is 12.1 Å². The van der Waals surface area contributed by atoms with Crippen LogP contribution in [-0.4, -0.2) is 21.4 Å². The average molecular weight is 295 g/mol. The monoisotopic (exact) mass is 294 g/mol. The number of rotatable bonds is 4. The standard InChI is InChI=1S/C14H18N4O.ClH/c1-3-6-14(2,15)13(19)18-10-4-5-11-12(9-10)17-8-7-16-11;/h4-5,7-9H,3,6,15H2,1-2H3,(H,18,19);1H. The van der Waals surface area contributed by atoms with E-state index < -0.39 is 5.54 Å². The maximum absolute atomic E-state index is 12.1. The van der Waals surface area contributed by atoms with Gasteiger partial charge in [-0.3, -0.25) is 14.8 Å². The van der Waals surface area contributed by atoms with E-state index in [4.69, 9.17) is 5.73 Å². The third-order valence-corrected chi connectivity index (χ3v) is 3.02. The summed E-state index contributed by atoms with van der Waals surface area (Å²) < 4.78 is 0. The van der Waals surface area contributed by atoms with Crippen molar-refractivity contribution in [3.8, 4) is 0 Å². The van der Waals surface area contributed by atoms with Gasteiger partial charge in [-0.1, -0.05) is 13.3 Å². The molecule has 2 aromatic rings. The van der Waals surface area contributed by atoms with Crippen LogP contribution < -0.4 is 11.1 Å². The van der Waals surface area contributed by atoms with Crippen LogP contribution >= 0.6 is 12.4 Å². The van der Waals surface area contributed by atoms with Gasteiger partial charge in [-0.05, 0) is 31.5 Å². The van der Waals surface area contributed by atoms with Crippen molar-refractivity contribution in [1.82, 2.24) is 9.97 Å². The van der Waals surface area contributed by atoms with Crippen LogP contribution in [0.15, 0.2) is 30.6 Å². The lowest BCUT2D eigenvalue weighted by molar-refractivity contribution is -0.120. The second-order valence-corrected chi connectivity index (χ2v) is 4.88. The molecule has 0 aliphatic heterocycles. The highest BCUT2D eigenvalue weighted by Gasteiger charge is 2.27. The van der Waals surface area contributed by atoms with Crippen LogP contribution in [0, 0.1) is 0 Å².